The summed E-state index contributed by atoms with van der Waals surface area (Å²) in [5.41, 5.74) is 6.08. The Morgan fingerprint density at radius 2 is 2.33 bits per heavy atom. The molecule has 3 N–H and O–H groups in total. The summed E-state index contributed by atoms with van der Waals surface area (Å²) in [4.78, 5) is 1.25. The lowest BCUT2D eigenvalue weighted by molar-refractivity contribution is -0.0519. The second kappa shape index (κ2) is 2.55. The molecule has 1 aromatic rings. The fourth-order valence-electron chi connectivity index (χ4n) is 1.73. The minimum Gasteiger partial charge on any atom is -0.385 e. The van der Waals surface area contributed by atoms with E-state index in [9.17, 15) is 5.11 Å². The van der Waals surface area contributed by atoms with E-state index in [1.807, 2.05) is 5.38 Å². The van der Waals surface area contributed by atoms with Crippen LogP contribution in [0.2, 0.25) is 0 Å². The van der Waals surface area contributed by atoms with Crippen LogP contribution in [0.25, 0.3) is 0 Å². The Balaban J connectivity index is 2.20. The van der Waals surface area contributed by atoms with Gasteiger partial charge in [-0.05, 0) is 36.8 Å². The van der Waals surface area contributed by atoms with Crippen LogP contribution in [-0.2, 0) is 5.60 Å². The van der Waals surface area contributed by atoms with Gasteiger partial charge in [0, 0.05) is 10.9 Å². The van der Waals surface area contributed by atoms with E-state index in [-0.39, 0.29) is 6.04 Å². The van der Waals surface area contributed by atoms with Crippen molar-refractivity contribution in [1.82, 2.24) is 0 Å². The van der Waals surface area contributed by atoms with Crippen molar-refractivity contribution in [3.8, 4) is 0 Å². The van der Waals surface area contributed by atoms with Gasteiger partial charge in [-0.25, -0.2) is 0 Å². The molecule has 1 aliphatic carbocycles. The van der Waals surface area contributed by atoms with E-state index in [0.717, 1.165) is 5.56 Å². The number of rotatable bonds is 1. The van der Waals surface area contributed by atoms with E-state index in [2.05, 4.69) is 13.0 Å². The van der Waals surface area contributed by atoms with Gasteiger partial charge in [-0.1, -0.05) is 0 Å². The molecule has 0 saturated heterocycles. The molecule has 2 rings (SSSR count). The number of thiophene rings is 1. The molecular weight excluding hydrogens is 170 g/mol. The lowest BCUT2D eigenvalue weighted by Gasteiger charge is -2.41. The summed E-state index contributed by atoms with van der Waals surface area (Å²) in [5, 5.41) is 12.0. The molecule has 1 aliphatic rings. The van der Waals surface area contributed by atoms with Gasteiger partial charge >= 0.3 is 0 Å². The molecule has 3 heteroatoms. The van der Waals surface area contributed by atoms with Crippen LogP contribution in [0, 0.1) is 6.92 Å². The second-order valence-electron chi connectivity index (χ2n) is 3.65. The van der Waals surface area contributed by atoms with Gasteiger partial charge in [0.05, 0.1) is 5.60 Å². The highest BCUT2D eigenvalue weighted by molar-refractivity contribution is 7.10. The molecule has 1 heterocycles. The monoisotopic (exact) mass is 183 g/mol. The zero-order valence-electron chi connectivity index (χ0n) is 7.08. The molecule has 0 unspecified atom stereocenters. The van der Waals surface area contributed by atoms with Gasteiger partial charge in [-0.2, -0.15) is 0 Å². The largest absolute Gasteiger partial charge is 0.385 e. The van der Waals surface area contributed by atoms with Crippen molar-refractivity contribution in [2.75, 3.05) is 0 Å². The van der Waals surface area contributed by atoms with Crippen molar-refractivity contribution < 1.29 is 5.11 Å². The first-order valence-corrected chi connectivity index (χ1v) is 5.02. The SMILES string of the molecule is Cc1cc(C2(O)CC(N)C2)cs1. The maximum atomic E-state index is 9.99. The summed E-state index contributed by atoms with van der Waals surface area (Å²) in [5.74, 6) is 0. The number of hydrogen-bond donors (Lipinski definition) is 2. The van der Waals surface area contributed by atoms with E-state index in [1.54, 1.807) is 11.3 Å². The standard InChI is InChI=1S/C9H13NOS/c1-6-2-7(5-12-6)9(11)3-8(10)4-9/h2,5,8,11H,3-4,10H2,1H3. The van der Waals surface area contributed by atoms with Crippen molar-refractivity contribution in [3.05, 3.63) is 21.9 Å². The summed E-state index contributed by atoms with van der Waals surface area (Å²) in [7, 11) is 0. The number of hydrogen-bond acceptors (Lipinski definition) is 3. The molecule has 0 spiro atoms. The minimum atomic E-state index is -0.607. The molecule has 12 heavy (non-hydrogen) atoms. The smallest absolute Gasteiger partial charge is 0.0934 e. The predicted molar refractivity (Wildman–Crippen MR) is 50.2 cm³/mol. The molecule has 1 saturated carbocycles. The molecule has 0 aromatic carbocycles. The quantitative estimate of drug-likeness (QED) is 0.690. The van der Waals surface area contributed by atoms with Gasteiger partial charge in [0.25, 0.3) is 0 Å². The Hall–Kier alpha value is -0.380. The van der Waals surface area contributed by atoms with Crippen LogP contribution in [0.5, 0.6) is 0 Å². The Labute approximate surface area is 76.0 Å². The topological polar surface area (TPSA) is 46.2 Å². The summed E-state index contributed by atoms with van der Waals surface area (Å²) in [6.45, 7) is 2.05. The van der Waals surface area contributed by atoms with Crippen LogP contribution >= 0.6 is 11.3 Å². The lowest BCUT2D eigenvalue weighted by atomic mass is 9.72. The van der Waals surface area contributed by atoms with Crippen LogP contribution in [0.4, 0.5) is 0 Å². The third-order valence-corrected chi connectivity index (χ3v) is 3.33. The molecule has 0 amide bonds. The van der Waals surface area contributed by atoms with Crippen LogP contribution in [-0.4, -0.2) is 11.1 Å². The summed E-state index contributed by atoms with van der Waals surface area (Å²) >= 11 is 1.68. The van der Waals surface area contributed by atoms with E-state index in [1.165, 1.54) is 4.88 Å². The molecule has 0 radical (unpaired) electrons. The average Bonchev–Trinajstić information content (AvgIpc) is 2.33. The first-order valence-electron chi connectivity index (χ1n) is 4.14. The Morgan fingerprint density at radius 1 is 1.67 bits per heavy atom. The van der Waals surface area contributed by atoms with Gasteiger partial charge in [0.1, 0.15) is 0 Å². The summed E-state index contributed by atoms with van der Waals surface area (Å²) in [6.07, 6.45) is 1.42. The maximum Gasteiger partial charge on any atom is 0.0934 e. The normalized spacial score (nSPS) is 34.8. The zero-order valence-corrected chi connectivity index (χ0v) is 7.90. The summed E-state index contributed by atoms with van der Waals surface area (Å²) in [6, 6.07) is 2.24. The second-order valence-corrected chi connectivity index (χ2v) is 4.76. The van der Waals surface area contributed by atoms with Crippen LogP contribution in [0.15, 0.2) is 11.4 Å². The van der Waals surface area contributed by atoms with Crippen molar-refractivity contribution in [2.45, 2.75) is 31.4 Å². The van der Waals surface area contributed by atoms with Gasteiger partial charge in [-0.15, -0.1) is 11.3 Å². The molecule has 2 nitrogen and oxygen atoms in total. The van der Waals surface area contributed by atoms with Crippen LogP contribution in [0.1, 0.15) is 23.3 Å². The van der Waals surface area contributed by atoms with E-state index < -0.39 is 5.60 Å². The van der Waals surface area contributed by atoms with E-state index >= 15 is 0 Å². The Bertz CT molecular complexity index is 288. The Morgan fingerprint density at radius 3 is 2.75 bits per heavy atom. The predicted octanol–water partition coefficient (Wildman–Crippen LogP) is 1.37. The van der Waals surface area contributed by atoms with Crippen LogP contribution < -0.4 is 5.73 Å². The molecule has 0 aliphatic heterocycles. The van der Waals surface area contributed by atoms with Crippen molar-refractivity contribution in [3.63, 3.8) is 0 Å². The maximum absolute atomic E-state index is 9.99. The minimum absolute atomic E-state index is 0.190. The van der Waals surface area contributed by atoms with Crippen molar-refractivity contribution >= 4 is 11.3 Å². The molecule has 1 aromatic heterocycles. The number of nitrogens with two attached hydrogens (primary N) is 1. The van der Waals surface area contributed by atoms with Gasteiger partial charge < -0.3 is 10.8 Å². The molecule has 1 fully saturated rings. The number of aryl methyl sites for hydroxylation is 1. The fourth-order valence-corrected chi connectivity index (χ4v) is 2.53. The first-order chi connectivity index (χ1) is 5.60. The lowest BCUT2D eigenvalue weighted by Crippen LogP contribution is -2.48. The number of aliphatic hydroxyl groups is 1. The highest BCUT2D eigenvalue weighted by Gasteiger charge is 2.42. The fraction of sp³-hybridized carbons (Fsp3) is 0.556. The molecular formula is C9H13NOS. The van der Waals surface area contributed by atoms with Crippen LogP contribution in [0.3, 0.4) is 0 Å². The van der Waals surface area contributed by atoms with Gasteiger partial charge in [-0.3, -0.25) is 0 Å². The van der Waals surface area contributed by atoms with Crippen molar-refractivity contribution in [2.24, 2.45) is 5.73 Å². The Kier molecular flexibility index (Phi) is 1.75. The van der Waals surface area contributed by atoms with Gasteiger partial charge in [0.2, 0.25) is 0 Å². The average molecular weight is 183 g/mol. The molecule has 66 valence electrons. The third kappa shape index (κ3) is 1.18. The van der Waals surface area contributed by atoms with E-state index in [0.29, 0.717) is 12.8 Å². The van der Waals surface area contributed by atoms with Crippen molar-refractivity contribution in [1.29, 1.82) is 0 Å². The molecule has 0 atom stereocenters. The first kappa shape index (κ1) is 8.23. The van der Waals surface area contributed by atoms with Gasteiger partial charge in [0.15, 0.2) is 0 Å². The third-order valence-electron chi connectivity index (χ3n) is 2.47. The highest BCUT2D eigenvalue weighted by atomic mass is 32.1. The molecule has 0 bridgehead atoms. The zero-order chi connectivity index (χ0) is 8.77. The highest BCUT2D eigenvalue weighted by Crippen LogP contribution is 2.41. The van der Waals surface area contributed by atoms with E-state index in [4.69, 9.17) is 5.73 Å². The summed E-state index contributed by atoms with van der Waals surface area (Å²) < 4.78 is 0.